The molecule has 2 aromatic rings. The fraction of sp³-hybridized carbons (Fsp3) is 0.176. The molecule has 5 heteroatoms. The predicted octanol–water partition coefficient (Wildman–Crippen LogP) is 4.11. The number of hydrogen-bond acceptors (Lipinski definition) is 2. The minimum Gasteiger partial charge on any atom is -0.481 e. The van der Waals surface area contributed by atoms with Gasteiger partial charge in [-0.05, 0) is 37.1 Å². The average Bonchev–Trinajstić information content (AvgIpc) is 2.48. The number of aromatic nitrogens is 1. The van der Waals surface area contributed by atoms with E-state index in [0.29, 0.717) is 16.7 Å². The van der Waals surface area contributed by atoms with Crippen molar-refractivity contribution < 1.29 is 9.90 Å². The quantitative estimate of drug-likeness (QED) is 0.679. The van der Waals surface area contributed by atoms with Gasteiger partial charge in [-0.1, -0.05) is 47.2 Å². The first-order valence-corrected chi connectivity index (χ1v) is 7.36. The van der Waals surface area contributed by atoms with E-state index in [9.17, 15) is 4.79 Å². The second kappa shape index (κ2) is 7.31. The van der Waals surface area contributed by atoms with E-state index in [4.69, 9.17) is 28.3 Å². The summed E-state index contributed by atoms with van der Waals surface area (Å²) in [5.41, 5.74) is 3.33. The molecular formula is C17H13Cl2NO2. The molecule has 0 bridgehead atoms. The number of halogens is 2. The predicted molar refractivity (Wildman–Crippen MR) is 87.4 cm³/mol. The molecule has 112 valence electrons. The van der Waals surface area contributed by atoms with Crippen LogP contribution in [0.15, 0.2) is 30.3 Å². The largest absolute Gasteiger partial charge is 0.481 e. The number of carboxylic acid groups (broad SMARTS) is 1. The molecule has 0 atom stereocenters. The second-order valence-corrected chi connectivity index (χ2v) is 5.49. The molecule has 1 aromatic heterocycles. The van der Waals surface area contributed by atoms with E-state index in [2.05, 4.69) is 16.8 Å². The first-order valence-electron chi connectivity index (χ1n) is 6.61. The van der Waals surface area contributed by atoms with E-state index >= 15 is 0 Å². The highest BCUT2D eigenvalue weighted by molar-refractivity contribution is 6.33. The van der Waals surface area contributed by atoms with Crippen molar-refractivity contribution in [2.45, 2.75) is 19.8 Å². The number of hydrogen-bond donors (Lipinski definition) is 1. The third kappa shape index (κ3) is 4.49. The van der Waals surface area contributed by atoms with Gasteiger partial charge >= 0.3 is 5.97 Å². The van der Waals surface area contributed by atoms with Crippen LogP contribution in [-0.4, -0.2) is 16.1 Å². The highest BCUT2D eigenvalue weighted by Crippen LogP contribution is 2.20. The Balaban J connectivity index is 2.17. The highest BCUT2D eigenvalue weighted by Gasteiger charge is 2.04. The molecule has 0 aliphatic rings. The molecule has 0 fully saturated rings. The first-order chi connectivity index (χ1) is 10.5. The van der Waals surface area contributed by atoms with Gasteiger partial charge in [0.2, 0.25) is 0 Å². The van der Waals surface area contributed by atoms with Crippen molar-refractivity contribution in [3.63, 3.8) is 0 Å². The Kier molecular flexibility index (Phi) is 5.43. The molecule has 1 aromatic carbocycles. The van der Waals surface area contributed by atoms with Gasteiger partial charge in [0.25, 0.3) is 0 Å². The number of nitrogens with zero attached hydrogens (tertiary/aromatic N) is 1. The van der Waals surface area contributed by atoms with Crippen LogP contribution < -0.4 is 0 Å². The van der Waals surface area contributed by atoms with Crippen LogP contribution in [0, 0.1) is 18.8 Å². The second-order valence-electron chi connectivity index (χ2n) is 4.75. The van der Waals surface area contributed by atoms with Crippen LogP contribution in [0.1, 0.15) is 28.7 Å². The Morgan fingerprint density at radius 3 is 2.55 bits per heavy atom. The summed E-state index contributed by atoms with van der Waals surface area (Å²) in [5, 5.41) is 9.32. The third-order valence-corrected chi connectivity index (χ3v) is 3.67. The van der Waals surface area contributed by atoms with Crippen LogP contribution in [0.2, 0.25) is 10.3 Å². The lowest BCUT2D eigenvalue weighted by Gasteiger charge is -2.01. The van der Waals surface area contributed by atoms with Crippen molar-refractivity contribution in [1.82, 2.24) is 4.98 Å². The molecule has 1 N–H and O–H groups in total. The van der Waals surface area contributed by atoms with Gasteiger partial charge in [-0.15, -0.1) is 0 Å². The summed E-state index contributed by atoms with van der Waals surface area (Å²) in [5.74, 6) is 5.26. The number of aryl methyl sites for hydroxylation is 1. The van der Waals surface area contributed by atoms with Crippen molar-refractivity contribution in [2.75, 3.05) is 0 Å². The molecule has 22 heavy (non-hydrogen) atoms. The molecular weight excluding hydrogens is 321 g/mol. The Morgan fingerprint density at radius 2 is 1.91 bits per heavy atom. The van der Waals surface area contributed by atoms with E-state index < -0.39 is 5.97 Å². The van der Waals surface area contributed by atoms with Gasteiger partial charge in [0, 0.05) is 23.1 Å². The van der Waals surface area contributed by atoms with Gasteiger partial charge < -0.3 is 5.11 Å². The minimum absolute atomic E-state index is 0.123. The molecule has 2 rings (SSSR count). The van der Waals surface area contributed by atoms with Gasteiger partial charge in [0.15, 0.2) is 0 Å². The van der Waals surface area contributed by atoms with E-state index in [1.807, 2.05) is 31.2 Å². The lowest BCUT2D eigenvalue weighted by Crippen LogP contribution is -1.97. The number of carboxylic acids is 1. The maximum absolute atomic E-state index is 10.5. The Hall–Kier alpha value is -2.02. The average molecular weight is 334 g/mol. The molecule has 0 aliphatic carbocycles. The number of carbonyl (C=O) groups is 1. The Morgan fingerprint density at radius 1 is 1.23 bits per heavy atom. The van der Waals surface area contributed by atoms with Gasteiger partial charge in [-0.3, -0.25) is 4.79 Å². The van der Waals surface area contributed by atoms with Gasteiger partial charge in [0.05, 0.1) is 0 Å². The molecule has 0 unspecified atom stereocenters. The summed E-state index contributed by atoms with van der Waals surface area (Å²) < 4.78 is 0. The SMILES string of the molecule is Cc1c(C#Cc2ccc(CCC(=O)O)cc2)cc(Cl)nc1Cl. The fourth-order valence-electron chi connectivity index (χ4n) is 1.82. The monoisotopic (exact) mass is 333 g/mol. The fourth-order valence-corrected chi connectivity index (χ4v) is 2.25. The van der Waals surface area contributed by atoms with Crippen molar-refractivity contribution in [3.05, 3.63) is 62.9 Å². The van der Waals surface area contributed by atoms with Crippen molar-refractivity contribution in [2.24, 2.45) is 0 Å². The molecule has 0 radical (unpaired) electrons. The van der Waals surface area contributed by atoms with Crippen molar-refractivity contribution >= 4 is 29.2 Å². The van der Waals surface area contributed by atoms with Gasteiger partial charge in [-0.2, -0.15) is 0 Å². The van der Waals surface area contributed by atoms with Crippen LogP contribution in [0.5, 0.6) is 0 Å². The third-order valence-electron chi connectivity index (χ3n) is 3.10. The minimum atomic E-state index is -0.800. The van der Waals surface area contributed by atoms with Gasteiger partial charge in [0.1, 0.15) is 10.3 Å². The molecule has 0 saturated heterocycles. The van der Waals surface area contributed by atoms with E-state index in [-0.39, 0.29) is 6.42 Å². The zero-order valence-electron chi connectivity index (χ0n) is 11.9. The van der Waals surface area contributed by atoms with Crippen LogP contribution in [0.25, 0.3) is 0 Å². The molecule has 1 heterocycles. The number of aliphatic carboxylic acids is 1. The van der Waals surface area contributed by atoms with Crippen molar-refractivity contribution in [3.8, 4) is 11.8 Å². The zero-order valence-corrected chi connectivity index (χ0v) is 13.4. The van der Waals surface area contributed by atoms with Gasteiger partial charge in [-0.25, -0.2) is 4.98 Å². The van der Waals surface area contributed by atoms with Crippen LogP contribution in [0.3, 0.4) is 0 Å². The maximum Gasteiger partial charge on any atom is 0.303 e. The number of benzene rings is 1. The number of pyridine rings is 1. The summed E-state index contributed by atoms with van der Waals surface area (Å²) in [6.45, 7) is 1.84. The maximum atomic E-state index is 10.5. The summed E-state index contributed by atoms with van der Waals surface area (Å²) in [4.78, 5) is 14.5. The molecule has 3 nitrogen and oxygen atoms in total. The standard InChI is InChI=1S/C17H13Cl2NO2/c1-11-14(10-15(18)20-17(11)19)8-6-12-2-4-13(5-3-12)7-9-16(21)22/h2-5,10H,7,9H2,1H3,(H,21,22). The van der Waals surface area contributed by atoms with E-state index in [1.165, 1.54) is 0 Å². The molecule has 0 aliphatic heterocycles. The van der Waals surface area contributed by atoms with Crippen molar-refractivity contribution in [1.29, 1.82) is 0 Å². The smallest absolute Gasteiger partial charge is 0.303 e. The number of rotatable bonds is 3. The van der Waals surface area contributed by atoms with Crippen LogP contribution in [-0.2, 0) is 11.2 Å². The van der Waals surface area contributed by atoms with E-state index in [1.54, 1.807) is 6.07 Å². The van der Waals surface area contributed by atoms with Crippen LogP contribution in [0.4, 0.5) is 0 Å². The summed E-state index contributed by atoms with van der Waals surface area (Å²) in [7, 11) is 0. The van der Waals surface area contributed by atoms with Crippen LogP contribution >= 0.6 is 23.2 Å². The topological polar surface area (TPSA) is 50.2 Å². The zero-order chi connectivity index (χ0) is 16.1. The lowest BCUT2D eigenvalue weighted by molar-refractivity contribution is -0.136. The Labute approximate surface area is 138 Å². The Bertz CT molecular complexity index is 759. The highest BCUT2D eigenvalue weighted by atomic mass is 35.5. The normalized spacial score (nSPS) is 9.95. The summed E-state index contributed by atoms with van der Waals surface area (Å²) in [6, 6.07) is 9.17. The molecule has 0 amide bonds. The lowest BCUT2D eigenvalue weighted by atomic mass is 10.1. The summed E-state index contributed by atoms with van der Waals surface area (Å²) >= 11 is 11.8. The van der Waals surface area contributed by atoms with E-state index in [0.717, 1.165) is 22.3 Å². The summed E-state index contributed by atoms with van der Waals surface area (Å²) in [6.07, 6.45) is 0.635. The molecule has 0 saturated carbocycles. The molecule has 0 spiro atoms. The first kappa shape index (κ1) is 16.4.